The van der Waals surface area contributed by atoms with Gasteiger partial charge >= 0.3 is 0 Å². The molecule has 0 saturated heterocycles. The minimum atomic E-state index is -0.309. The molecule has 1 aliphatic carbocycles. The number of phenols is 1. The Morgan fingerprint density at radius 1 is 1.12 bits per heavy atom. The van der Waals surface area contributed by atoms with Gasteiger partial charge in [0.05, 0.1) is 5.71 Å². The van der Waals surface area contributed by atoms with Gasteiger partial charge in [0.2, 0.25) is 0 Å². The van der Waals surface area contributed by atoms with E-state index < -0.39 is 0 Å². The lowest BCUT2D eigenvalue weighted by Crippen LogP contribution is -2.25. The van der Waals surface area contributed by atoms with Crippen LogP contribution >= 0.6 is 0 Å². The number of aryl methyl sites for hydroxylation is 2. The lowest BCUT2D eigenvalue weighted by molar-refractivity contribution is -0.123. The highest BCUT2D eigenvalue weighted by molar-refractivity contribution is 5.99. The number of hydrogen-bond donors (Lipinski definition) is 2. The zero-order chi connectivity index (χ0) is 17.6. The van der Waals surface area contributed by atoms with Crippen molar-refractivity contribution in [2.45, 2.75) is 32.6 Å². The number of benzene rings is 2. The van der Waals surface area contributed by atoms with Crippen molar-refractivity contribution in [3.05, 3.63) is 59.2 Å². The van der Waals surface area contributed by atoms with Gasteiger partial charge in [-0.3, -0.25) is 4.79 Å². The van der Waals surface area contributed by atoms with Crippen molar-refractivity contribution in [1.29, 1.82) is 0 Å². The number of amides is 1. The number of rotatable bonds is 5. The van der Waals surface area contributed by atoms with E-state index in [0.717, 1.165) is 24.2 Å². The predicted octanol–water partition coefficient (Wildman–Crippen LogP) is 3.19. The first kappa shape index (κ1) is 17.0. The number of phenolic OH excluding ortho intramolecular Hbond substituents is 1. The molecule has 0 aliphatic heterocycles. The van der Waals surface area contributed by atoms with Crippen LogP contribution in [0.15, 0.2) is 47.6 Å². The third kappa shape index (κ3) is 4.59. The van der Waals surface area contributed by atoms with Crippen molar-refractivity contribution >= 4 is 11.6 Å². The van der Waals surface area contributed by atoms with E-state index in [2.05, 4.69) is 16.6 Å². The summed E-state index contributed by atoms with van der Waals surface area (Å²) in [5, 5.41) is 13.3. The fourth-order valence-corrected chi connectivity index (χ4v) is 2.89. The zero-order valence-electron chi connectivity index (χ0n) is 14.3. The molecule has 0 atom stereocenters. The molecule has 5 nitrogen and oxygen atoms in total. The molecule has 0 unspecified atom stereocenters. The molecule has 5 heteroatoms. The Labute approximate surface area is 147 Å². The van der Waals surface area contributed by atoms with Crippen molar-refractivity contribution in [1.82, 2.24) is 5.43 Å². The van der Waals surface area contributed by atoms with Crippen molar-refractivity contribution in [3.8, 4) is 11.5 Å². The van der Waals surface area contributed by atoms with Crippen LogP contribution in [0.3, 0.4) is 0 Å². The molecule has 2 aromatic carbocycles. The SMILES string of the molecule is C/C(=N/NC(=O)COc1ccc2c(c1)CCCC2)c1ccc(O)cc1. The van der Waals surface area contributed by atoms with Crippen LogP contribution in [-0.2, 0) is 17.6 Å². The van der Waals surface area contributed by atoms with Crippen molar-refractivity contribution in [2.24, 2.45) is 5.10 Å². The lowest BCUT2D eigenvalue weighted by Gasteiger charge is -2.16. The second-order valence-corrected chi connectivity index (χ2v) is 6.21. The first-order valence-electron chi connectivity index (χ1n) is 8.49. The van der Waals surface area contributed by atoms with Gasteiger partial charge in [0.1, 0.15) is 11.5 Å². The normalized spacial score (nSPS) is 13.9. The highest BCUT2D eigenvalue weighted by atomic mass is 16.5. The van der Waals surface area contributed by atoms with Gasteiger partial charge in [-0.2, -0.15) is 5.10 Å². The molecule has 0 heterocycles. The molecule has 1 amide bonds. The quantitative estimate of drug-likeness (QED) is 0.650. The first-order valence-corrected chi connectivity index (χ1v) is 8.49. The van der Waals surface area contributed by atoms with Crippen LogP contribution in [0.5, 0.6) is 11.5 Å². The first-order chi connectivity index (χ1) is 12.1. The number of hydrogen-bond acceptors (Lipinski definition) is 4. The van der Waals surface area contributed by atoms with Crippen LogP contribution in [0.2, 0.25) is 0 Å². The van der Waals surface area contributed by atoms with Crippen molar-refractivity contribution < 1.29 is 14.6 Å². The minimum absolute atomic E-state index is 0.0782. The van der Waals surface area contributed by atoms with Crippen molar-refractivity contribution in [3.63, 3.8) is 0 Å². The highest BCUT2D eigenvalue weighted by Gasteiger charge is 2.10. The van der Waals surface area contributed by atoms with Gasteiger partial charge < -0.3 is 9.84 Å². The van der Waals surface area contributed by atoms with E-state index in [0.29, 0.717) is 5.71 Å². The van der Waals surface area contributed by atoms with E-state index in [-0.39, 0.29) is 18.3 Å². The number of hydrazone groups is 1. The van der Waals surface area contributed by atoms with E-state index in [1.165, 1.54) is 24.0 Å². The molecule has 2 N–H and O–H groups in total. The third-order valence-corrected chi connectivity index (χ3v) is 4.32. The average Bonchev–Trinajstić information content (AvgIpc) is 2.65. The average molecular weight is 338 g/mol. The Morgan fingerprint density at radius 2 is 1.84 bits per heavy atom. The molecular formula is C20H22N2O3. The minimum Gasteiger partial charge on any atom is -0.508 e. The van der Waals surface area contributed by atoms with Crippen LogP contribution < -0.4 is 10.2 Å². The molecule has 0 spiro atoms. The van der Waals surface area contributed by atoms with E-state index in [1.807, 2.05) is 12.1 Å². The Bertz CT molecular complexity index is 782. The lowest BCUT2D eigenvalue weighted by atomic mass is 9.92. The van der Waals surface area contributed by atoms with Crippen LogP contribution in [0.4, 0.5) is 0 Å². The zero-order valence-corrected chi connectivity index (χ0v) is 14.3. The largest absolute Gasteiger partial charge is 0.508 e. The standard InChI is InChI=1S/C20H22N2O3/c1-14(15-6-9-18(23)10-7-15)21-22-20(24)13-25-19-11-8-16-4-2-3-5-17(16)12-19/h6-12,23H,2-5,13H2,1H3,(H,22,24)/b21-14-. The van der Waals surface area contributed by atoms with E-state index >= 15 is 0 Å². The monoisotopic (exact) mass is 338 g/mol. The Balaban J connectivity index is 1.52. The summed E-state index contributed by atoms with van der Waals surface area (Å²) < 4.78 is 5.57. The number of carbonyl (C=O) groups excluding carboxylic acids is 1. The smallest absolute Gasteiger partial charge is 0.277 e. The van der Waals surface area contributed by atoms with E-state index in [4.69, 9.17) is 4.74 Å². The number of ether oxygens (including phenoxy) is 1. The third-order valence-electron chi connectivity index (χ3n) is 4.32. The van der Waals surface area contributed by atoms with Crippen LogP contribution in [-0.4, -0.2) is 23.3 Å². The van der Waals surface area contributed by atoms with E-state index in [9.17, 15) is 9.90 Å². The van der Waals surface area contributed by atoms with Crippen molar-refractivity contribution in [2.75, 3.05) is 6.61 Å². The summed E-state index contributed by atoms with van der Waals surface area (Å²) in [6.45, 7) is 1.71. The predicted molar refractivity (Wildman–Crippen MR) is 97.0 cm³/mol. The molecular weight excluding hydrogens is 316 g/mol. The summed E-state index contributed by atoms with van der Waals surface area (Å²) in [5.74, 6) is 0.602. The van der Waals surface area contributed by atoms with Gasteiger partial charge in [0.25, 0.3) is 5.91 Å². The second kappa shape index (κ2) is 7.83. The molecule has 1 aliphatic rings. The maximum absolute atomic E-state index is 11.9. The summed E-state index contributed by atoms with van der Waals surface area (Å²) in [7, 11) is 0. The molecule has 0 radical (unpaired) electrons. The van der Waals surface area contributed by atoms with Gasteiger partial charge in [0.15, 0.2) is 6.61 Å². The maximum Gasteiger partial charge on any atom is 0.277 e. The van der Waals surface area contributed by atoms with Crippen LogP contribution in [0.25, 0.3) is 0 Å². The van der Waals surface area contributed by atoms with Gasteiger partial charge in [0, 0.05) is 0 Å². The fraction of sp³-hybridized carbons (Fsp3) is 0.300. The highest BCUT2D eigenvalue weighted by Crippen LogP contribution is 2.25. The summed E-state index contributed by atoms with van der Waals surface area (Å²) >= 11 is 0. The summed E-state index contributed by atoms with van der Waals surface area (Å²) in [6, 6.07) is 12.7. The Hall–Kier alpha value is -2.82. The molecule has 0 fully saturated rings. The van der Waals surface area contributed by atoms with Crippen LogP contribution in [0.1, 0.15) is 36.5 Å². The Kier molecular flexibility index (Phi) is 5.33. The number of nitrogens with zero attached hydrogens (tertiary/aromatic N) is 1. The van der Waals surface area contributed by atoms with Gasteiger partial charge in [-0.25, -0.2) is 5.43 Å². The van der Waals surface area contributed by atoms with Gasteiger partial charge in [-0.05, 0) is 85.7 Å². The number of fused-ring (bicyclic) bond motifs is 1. The van der Waals surface area contributed by atoms with Crippen LogP contribution in [0, 0.1) is 0 Å². The topological polar surface area (TPSA) is 70.9 Å². The van der Waals surface area contributed by atoms with Gasteiger partial charge in [-0.15, -0.1) is 0 Å². The number of aromatic hydroxyl groups is 1. The Morgan fingerprint density at radius 3 is 2.60 bits per heavy atom. The maximum atomic E-state index is 11.9. The fourth-order valence-electron chi connectivity index (χ4n) is 2.89. The molecule has 2 aromatic rings. The summed E-state index contributed by atoms with van der Waals surface area (Å²) in [5.41, 5.74) is 6.68. The number of carbonyl (C=O) groups is 1. The summed E-state index contributed by atoms with van der Waals surface area (Å²) in [6.07, 6.45) is 4.66. The number of nitrogens with one attached hydrogen (secondary N) is 1. The van der Waals surface area contributed by atoms with Gasteiger partial charge in [-0.1, -0.05) is 6.07 Å². The molecule has 0 aromatic heterocycles. The molecule has 3 rings (SSSR count). The molecule has 0 bridgehead atoms. The second-order valence-electron chi connectivity index (χ2n) is 6.21. The summed E-state index contributed by atoms with van der Waals surface area (Å²) in [4.78, 5) is 11.9. The van der Waals surface area contributed by atoms with E-state index in [1.54, 1.807) is 31.2 Å². The molecule has 0 saturated carbocycles. The molecule has 130 valence electrons. The molecule has 25 heavy (non-hydrogen) atoms.